The zero-order chi connectivity index (χ0) is 11.6. The van der Waals surface area contributed by atoms with E-state index in [9.17, 15) is 19.7 Å². The normalized spacial score (nSPS) is 9.67. The van der Waals surface area contributed by atoms with Crippen LogP contribution in [0, 0.1) is 10.1 Å². The summed E-state index contributed by atoms with van der Waals surface area (Å²) in [6, 6.07) is 0.589. The molecular weight excluding hydrogens is 208 g/mol. The van der Waals surface area contributed by atoms with Gasteiger partial charge in [0.15, 0.2) is 5.56 Å². The minimum Gasteiger partial charge on any atom is -0.494 e. The van der Waals surface area contributed by atoms with Crippen molar-refractivity contribution in [3.05, 3.63) is 32.1 Å². The number of ether oxygens (including phenoxy) is 1. The number of methoxy groups -OCH3 is 1. The van der Waals surface area contributed by atoms with Crippen LogP contribution in [0.15, 0.2) is 10.9 Å². The van der Waals surface area contributed by atoms with Gasteiger partial charge in [-0.15, -0.1) is 0 Å². The van der Waals surface area contributed by atoms with Gasteiger partial charge in [0.2, 0.25) is 5.88 Å². The fourth-order valence-electron chi connectivity index (χ4n) is 0.980. The van der Waals surface area contributed by atoms with E-state index in [2.05, 4.69) is 4.74 Å². The molecule has 8 heteroatoms. The Labute approximate surface area is 82.3 Å². The molecule has 1 aromatic rings. The molecule has 0 aliphatic carbocycles. The second-order valence-corrected chi connectivity index (χ2v) is 2.49. The van der Waals surface area contributed by atoms with Crippen molar-refractivity contribution in [1.82, 2.24) is 4.98 Å². The van der Waals surface area contributed by atoms with E-state index in [1.807, 2.05) is 4.98 Å². The van der Waals surface area contributed by atoms with Crippen LogP contribution in [0.25, 0.3) is 0 Å². The average molecular weight is 214 g/mol. The van der Waals surface area contributed by atoms with Gasteiger partial charge in [0, 0.05) is 0 Å². The van der Waals surface area contributed by atoms with E-state index in [0.29, 0.717) is 6.07 Å². The van der Waals surface area contributed by atoms with Crippen LogP contribution in [0.3, 0.4) is 0 Å². The molecule has 0 aliphatic heterocycles. The first kappa shape index (κ1) is 10.7. The van der Waals surface area contributed by atoms with Gasteiger partial charge < -0.3 is 9.84 Å². The number of H-pyrrole nitrogens is 1. The van der Waals surface area contributed by atoms with Crippen molar-refractivity contribution in [2.75, 3.05) is 7.11 Å². The molecule has 2 N–H and O–H groups in total. The third-order valence-electron chi connectivity index (χ3n) is 1.59. The zero-order valence-corrected chi connectivity index (χ0v) is 7.51. The smallest absolute Gasteiger partial charge is 0.350 e. The average Bonchev–Trinajstić information content (AvgIpc) is 2.15. The third-order valence-corrected chi connectivity index (χ3v) is 1.59. The summed E-state index contributed by atoms with van der Waals surface area (Å²) in [6.45, 7) is 0. The molecule has 1 rings (SSSR count). The maximum Gasteiger partial charge on any atom is 0.350 e. The number of hydrogen-bond acceptors (Lipinski definition) is 6. The Balaban J connectivity index is 3.54. The van der Waals surface area contributed by atoms with Crippen LogP contribution in [0.4, 0.5) is 5.69 Å². The Morgan fingerprint density at radius 1 is 1.67 bits per heavy atom. The fourth-order valence-corrected chi connectivity index (χ4v) is 0.980. The maximum absolute atomic E-state index is 11.1. The Bertz CT molecular complexity index is 477. The molecule has 0 amide bonds. The van der Waals surface area contributed by atoms with Crippen LogP contribution in [-0.2, 0) is 4.74 Å². The molecule has 15 heavy (non-hydrogen) atoms. The molecule has 0 aromatic carbocycles. The third kappa shape index (κ3) is 1.93. The van der Waals surface area contributed by atoms with E-state index in [0.717, 1.165) is 7.11 Å². The number of aromatic hydroxyl groups is 1. The fraction of sp³-hybridized carbons (Fsp3) is 0.143. The summed E-state index contributed by atoms with van der Waals surface area (Å²) in [4.78, 5) is 33.2. The van der Waals surface area contributed by atoms with Gasteiger partial charge in [-0.05, 0) is 0 Å². The lowest BCUT2D eigenvalue weighted by molar-refractivity contribution is -0.385. The highest BCUT2D eigenvalue weighted by atomic mass is 16.6. The number of nitrogens with one attached hydrogen (secondary N) is 1. The van der Waals surface area contributed by atoms with Gasteiger partial charge in [-0.1, -0.05) is 0 Å². The number of aromatic amines is 1. The largest absolute Gasteiger partial charge is 0.494 e. The lowest BCUT2D eigenvalue weighted by Gasteiger charge is -2.02. The SMILES string of the molecule is COC(=O)c1c([N+](=O)[O-])cc(=O)[nH]c1O. The number of nitro groups is 1. The number of carbonyl (C=O) groups is 1. The molecular formula is C7H6N2O6. The number of nitrogens with zero attached hydrogens (tertiary/aromatic N) is 1. The molecule has 0 unspecified atom stereocenters. The Hall–Kier alpha value is -2.38. The van der Waals surface area contributed by atoms with E-state index in [4.69, 9.17) is 5.11 Å². The molecule has 8 nitrogen and oxygen atoms in total. The van der Waals surface area contributed by atoms with Crippen LogP contribution in [0.2, 0.25) is 0 Å². The number of aromatic nitrogens is 1. The first-order valence-corrected chi connectivity index (χ1v) is 3.66. The van der Waals surface area contributed by atoms with Gasteiger partial charge in [0.1, 0.15) is 0 Å². The zero-order valence-electron chi connectivity index (χ0n) is 7.51. The van der Waals surface area contributed by atoms with Crippen molar-refractivity contribution < 1.29 is 19.6 Å². The van der Waals surface area contributed by atoms with Gasteiger partial charge in [-0.2, -0.15) is 0 Å². The van der Waals surface area contributed by atoms with Crippen LogP contribution >= 0.6 is 0 Å². The predicted octanol–water partition coefficient (Wildman–Crippen LogP) is -0.225. The lowest BCUT2D eigenvalue weighted by atomic mass is 10.2. The van der Waals surface area contributed by atoms with Crippen molar-refractivity contribution in [3.63, 3.8) is 0 Å². The summed E-state index contributed by atoms with van der Waals surface area (Å²) < 4.78 is 4.22. The van der Waals surface area contributed by atoms with Crippen molar-refractivity contribution in [1.29, 1.82) is 0 Å². The number of rotatable bonds is 2. The van der Waals surface area contributed by atoms with E-state index in [1.54, 1.807) is 0 Å². The molecule has 0 saturated carbocycles. The van der Waals surface area contributed by atoms with Crippen molar-refractivity contribution in [3.8, 4) is 5.88 Å². The first-order valence-electron chi connectivity index (χ1n) is 3.66. The number of hydrogen-bond donors (Lipinski definition) is 2. The van der Waals surface area contributed by atoms with Crippen molar-refractivity contribution in [2.24, 2.45) is 0 Å². The van der Waals surface area contributed by atoms with Crippen LogP contribution in [-0.4, -0.2) is 28.1 Å². The molecule has 0 fully saturated rings. The summed E-state index contributed by atoms with van der Waals surface area (Å²) >= 11 is 0. The second-order valence-electron chi connectivity index (χ2n) is 2.49. The molecule has 0 bridgehead atoms. The van der Waals surface area contributed by atoms with E-state index in [-0.39, 0.29) is 0 Å². The number of esters is 1. The van der Waals surface area contributed by atoms with Gasteiger partial charge in [0.25, 0.3) is 11.2 Å². The highest BCUT2D eigenvalue weighted by Crippen LogP contribution is 2.23. The van der Waals surface area contributed by atoms with Crippen LogP contribution in [0.5, 0.6) is 5.88 Å². The maximum atomic E-state index is 11.1. The first-order chi connectivity index (χ1) is 6.97. The number of pyridine rings is 1. The van der Waals surface area contributed by atoms with Gasteiger partial charge in [-0.25, -0.2) is 4.79 Å². The molecule has 0 atom stereocenters. The molecule has 1 heterocycles. The van der Waals surface area contributed by atoms with Crippen LogP contribution in [0.1, 0.15) is 10.4 Å². The summed E-state index contributed by atoms with van der Waals surface area (Å²) in [5.41, 5.74) is -2.36. The molecule has 0 aliphatic rings. The summed E-state index contributed by atoms with van der Waals surface area (Å²) in [5.74, 6) is -1.99. The highest BCUT2D eigenvalue weighted by molar-refractivity contribution is 5.96. The topological polar surface area (TPSA) is 123 Å². The second kappa shape index (κ2) is 3.78. The summed E-state index contributed by atoms with van der Waals surface area (Å²) in [6.07, 6.45) is 0. The Kier molecular flexibility index (Phi) is 2.70. The predicted molar refractivity (Wildman–Crippen MR) is 46.7 cm³/mol. The van der Waals surface area contributed by atoms with Crippen LogP contribution < -0.4 is 5.56 Å². The lowest BCUT2D eigenvalue weighted by Crippen LogP contribution is -2.13. The summed E-state index contributed by atoms with van der Waals surface area (Å²) in [7, 11) is 0.997. The minimum absolute atomic E-state index is 0.589. The van der Waals surface area contributed by atoms with Gasteiger partial charge in [-0.3, -0.25) is 19.9 Å². The molecule has 80 valence electrons. The standard InChI is InChI=1S/C7H6N2O6/c1-15-7(12)5-3(9(13)14)2-4(10)8-6(5)11/h2H,1H3,(H2,8,10,11). The molecule has 1 aromatic heterocycles. The molecule has 0 saturated heterocycles. The summed E-state index contributed by atoms with van der Waals surface area (Å²) in [5, 5.41) is 19.6. The quantitative estimate of drug-likeness (QED) is 0.398. The number of carbonyl (C=O) groups excluding carboxylic acids is 1. The van der Waals surface area contributed by atoms with Gasteiger partial charge in [0.05, 0.1) is 18.1 Å². The Morgan fingerprint density at radius 2 is 2.27 bits per heavy atom. The molecule has 0 spiro atoms. The Morgan fingerprint density at radius 3 is 2.73 bits per heavy atom. The van der Waals surface area contributed by atoms with E-state index < -0.39 is 33.6 Å². The van der Waals surface area contributed by atoms with Crippen molar-refractivity contribution >= 4 is 11.7 Å². The molecule has 0 radical (unpaired) electrons. The van der Waals surface area contributed by atoms with Gasteiger partial charge >= 0.3 is 5.97 Å². The highest BCUT2D eigenvalue weighted by Gasteiger charge is 2.26. The van der Waals surface area contributed by atoms with E-state index in [1.165, 1.54) is 0 Å². The van der Waals surface area contributed by atoms with Crippen molar-refractivity contribution in [2.45, 2.75) is 0 Å². The minimum atomic E-state index is -1.10. The monoisotopic (exact) mass is 214 g/mol. The van der Waals surface area contributed by atoms with E-state index >= 15 is 0 Å².